The van der Waals surface area contributed by atoms with Crippen molar-refractivity contribution in [1.29, 1.82) is 0 Å². The van der Waals surface area contributed by atoms with E-state index in [1.807, 2.05) is 32.1 Å². The zero-order valence-corrected chi connectivity index (χ0v) is 39.2. The molecule has 0 unspecified atom stereocenters. The zero-order valence-electron chi connectivity index (χ0n) is 34.9. The Morgan fingerprint density at radius 3 is 1.26 bits per heavy atom. The van der Waals surface area contributed by atoms with Gasteiger partial charge in [-0.25, -0.2) is 0 Å². The second-order valence-electron chi connectivity index (χ2n) is 14.6. The van der Waals surface area contributed by atoms with Crippen molar-refractivity contribution in [3.63, 3.8) is 0 Å². The smallest absolute Gasteiger partial charge is 0.445 e. The molecule has 1 fully saturated rings. The van der Waals surface area contributed by atoms with Gasteiger partial charge < -0.3 is 21.7 Å². The molecule has 8 aromatic rings. The molecule has 315 valence electrons. The SMILES string of the molecule is C[C@@H]([C@H](C)P(c1ccccc1)c1ccccc1)P(c1ccccc1)c1ccccc1.Cc1cc(C)c2c(c1)oc(=S)c1ccc3ccccc3c12.F[B-](F)(F)F.[CH]1[CH][CH][CH][CH]1.[Ru+2]. The van der Waals surface area contributed by atoms with Gasteiger partial charge in [0.2, 0.25) is 0 Å². The molecule has 0 N–H and O–H groups in total. The summed E-state index contributed by atoms with van der Waals surface area (Å²) in [6, 6.07) is 61.3. The van der Waals surface area contributed by atoms with Crippen molar-refractivity contribution >= 4 is 89.0 Å². The number of benzene rings is 7. The molecular weight excluding hydrogens is 922 g/mol. The van der Waals surface area contributed by atoms with E-state index in [2.05, 4.69) is 198 Å². The van der Waals surface area contributed by atoms with E-state index in [0.29, 0.717) is 16.0 Å². The van der Waals surface area contributed by atoms with Crippen LogP contribution in [0.5, 0.6) is 0 Å². The van der Waals surface area contributed by atoms with Crippen molar-refractivity contribution in [1.82, 2.24) is 0 Å². The third-order valence-corrected chi connectivity index (χ3v) is 16.7. The molecule has 5 radical (unpaired) electrons. The van der Waals surface area contributed by atoms with Gasteiger partial charge in [0.1, 0.15) is 5.58 Å². The summed E-state index contributed by atoms with van der Waals surface area (Å²) in [4.78, 5) is 0. The van der Waals surface area contributed by atoms with E-state index in [9.17, 15) is 17.3 Å². The Morgan fingerprint density at radius 2 is 0.855 bits per heavy atom. The van der Waals surface area contributed by atoms with Crippen molar-refractivity contribution in [2.24, 2.45) is 0 Å². The molecular formula is C52H47BF4OP2RuS+. The van der Waals surface area contributed by atoms with Crippen LogP contribution in [0.25, 0.3) is 32.5 Å². The van der Waals surface area contributed by atoms with Crippen LogP contribution in [0.3, 0.4) is 0 Å². The minimum atomic E-state index is -6.00. The number of fused-ring (bicyclic) bond motifs is 5. The summed E-state index contributed by atoms with van der Waals surface area (Å²) in [6.45, 7) is 9.16. The van der Waals surface area contributed by atoms with Crippen molar-refractivity contribution in [2.75, 3.05) is 0 Å². The first kappa shape index (κ1) is 49.0. The Kier molecular flexibility index (Phi) is 18.6. The summed E-state index contributed by atoms with van der Waals surface area (Å²) in [5.74, 6) is 0. The van der Waals surface area contributed by atoms with Crippen LogP contribution in [-0.4, -0.2) is 18.6 Å². The summed E-state index contributed by atoms with van der Waals surface area (Å²) < 4.78 is 45.5. The van der Waals surface area contributed by atoms with E-state index in [1.54, 1.807) is 0 Å². The average Bonchev–Trinajstić information content (AvgIpc) is 3.86. The van der Waals surface area contributed by atoms with Crippen LogP contribution < -0.4 is 21.2 Å². The number of hydrogen-bond donors (Lipinski definition) is 0. The van der Waals surface area contributed by atoms with Crippen LogP contribution in [0.1, 0.15) is 25.0 Å². The quantitative estimate of drug-likeness (QED) is 0.0519. The van der Waals surface area contributed by atoms with Crippen LogP contribution >= 0.6 is 28.1 Å². The molecule has 1 heterocycles. The molecule has 1 nitrogen and oxygen atoms in total. The maximum absolute atomic E-state index is 9.75. The Bertz CT molecular complexity index is 2490. The summed E-state index contributed by atoms with van der Waals surface area (Å²) in [5, 5.41) is 11.7. The third-order valence-electron chi connectivity index (χ3n) is 10.3. The first-order valence-electron chi connectivity index (χ1n) is 20.1. The number of hydrogen-bond acceptors (Lipinski definition) is 2. The maximum atomic E-state index is 9.75. The maximum Gasteiger partial charge on any atom is 2.00 e. The van der Waals surface area contributed by atoms with E-state index >= 15 is 0 Å². The van der Waals surface area contributed by atoms with Crippen molar-refractivity contribution in [2.45, 2.75) is 39.0 Å². The topological polar surface area (TPSA) is 13.1 Å². The monoisotopic (exact) mass is 970 g/mol. The fourth-order valence-corrected chi connectivity index (χ4v) is 13.9. The molecule has 1 aromatic heterocycles. The molecule has 0 spiro atoms. The molecule has 9 rings (SSSR count). The van der Waals surface area contributed by atoms with Crippen LogP contribution in [0.2, 0.25) is 0 Å². The van der Waals surface area contributed by atoms with E-state index in [1.165, 1.54) is 53.9 Å². The first-order chi connectivity index (χ1) is 29.4. The van der Waals surface area contributed by atoms with Gasteiger partial charge in [-0.2, -0.15) is 0 Å². The molecule has 62 heavy (non-hydrogen) atoms. The van der Waals surface area contributed by atoms with Crippen LogP contribution in [0.15, 0.2) is 174 Å². The van der Waals surface area contributed by atoms with Crippen molar-refractivity contribution in [3.8, 4) is 0 Å². The van der Waals surface area contributed by atoms with Gasteiger partial charge in [0.25, 0.3) is 0 Å². The Morgan fingerprint density at radius 1 is 0.484 bits per heavy atom. The van der Waals surface area contributed by atoms with E-state index in [-0.39, 0.29) is 19.5 Å². The van der Waals surface area contributed by atoms with Gasteiger partial charge in [-0.3, -0.25) is 0 Å². The Hall–Kier alpha value is -4.04. The van der Waals surface area contributed by atoms with Crippen molar-refractivity contribution < 1.29 is 41.2 Å². The van der Waals surface area contributed by atoms with Gasteiger partial charge in [0.15, 0.2) is 4.71 Å². The number of aryl methyl sites for hydroxylation is 2. The molecule has 1 aliphatic rings. The average molecular weight is 970 g/mol. The summed E-state index contributed by atoms with van der Waals surface area (Å²) in [7, 11) is -6.90. The fraction of sp³-hybridized carbons (Fsp3) is 0.115. The van der Waals surface area contributed by atoms with Crippen molar-refractivity contribution in [3.05, 3.63) is 218 Å². The molecule has 10 heteroatoms. The van der Waals surface area contributed by atoms with Gasteiger partial charge in [-0.1, -0.05) is 172 Å². The number of halogens is 4. The second kappa shape index (κ2) is 23.6. The molecule has 1 saturated carbocycles. The van der Waals surface area contributed by atoms with E-state index in [0.717, 1.165) is 11.0 Å². The summed E-state index contributed by atoms with van der Waals surface area (Å²) in [5.41, 5.74) is 4.40. The molecule has 7 aromatic carbocycles. The predicted octanol–water partition coefficient (Wildman–Crippen LogP) is 14.4. The first-order valence-corrected chi connectivity index (χ1v) is 23.3. The summed E-state index contributed by atoms with van der Waals surface area (Å²) >= 11 is 5.46. The molecule has 2 atom stereocenters. The van der Waals surface area contributed by atoms with Gasteiger partial charge in [-0.05, 0) is 141 Å². The second-order valence-corrected chi connectivity index (χ2v) is 20.1. The molecule has 0 saturated heterocycles. The standard InChI is InChI=1S/C28H28P2.C19H14OS.C5H5.BF4.Ru/c1-23(29(25-15-7-3-8-16-25)26-17-9-4-10-18-26)24(2)30(27-19-11-5-12-20-27)28-21-13-6-14-22-28;1-11-9-12(2)17-16(10-11)20-19(21)15-8-7-13-5-3-4-6-14(13)18(15)17;1-2-4-5-3-1;2-1(3,4)5;/h3-24H,1-2H3;3-10H,1-2H3;1-5H;;/q;;;-1;+2/t23-,24-;;;;/m0..../s1. The Balaban J connectivity index is 0.000000195. The largest absolute Gasteiger partial charge is 2.00 e. The van der Waals surface area contributed by atoms with Gasteiger partial charge >= 0.3 is 26.7 Å². The van der Waals surface area contributed by atoms with Gasteiger partial charge in [-0.15, -0.1) is 0 Å². The van der Waals surface area contributed by atoms with Gasteiger partial charge in [0, 0.05) is 16.2 Å². The predicted molar refractivity (Wildman–Crippen MR) is 260 cm³/mol. The Labute approximate surface area is 384 Å². The minimum absolute atomic E-state index is 0. The number of rotatable bonds is 7. The molecule has 0 bridgehead atoms. The van der Waals surface area contributed by atoms with Crippen LogP contribution in [0.4, 0.5) is 17.3 Å². The normalized spacial score (nSPS) is 13.3. The fourth-order valence-electron chi connectivity index (χ4n) is 7.54. The van der Waals surface area contributed by atoms with E-state index in [4.69, 9.17) is 16.6 Å². The van der Waals surface area contributed by atoms with Gasteiger partial charge in [0.05, 0.1) is 0 Å². The summed E-state index contributed by atoms with van der Waals surface area (Å²) in [6.07, 6.45) is 10.0. The molecule has 0 amide bonds. The third kappa shape index (κ3) is 13.2. The zero-order chi connectivity index (χ0) is 43.4. The van der Waals surface area contributed by atoms with Crippen LogP contribution in [-0.2, 0) is 19.5 Å². The van der Waals surface area contributed by atoms with Crippen LogP contribution in [0, 0.1) is 50.7 Å². The minimum Gasteiger partial charge on any atom is -0.445 e. The molecule has 1 aliphatic carbocycles. The van der Waals surface area contributed by atoms with E-state index < -0.39 is 23.1 Å². The molecule has 0 aliphatic heterocycles.